The van der Waals surface area contributed by atoms with Gasteiger partial charge in [-0.1, -0.05) is 6.04 Å². The number of ether oxygens (including phenoxy) is 2. The predicted octanol–water partition coefficient (Wildman–Crippen LogP) is 0.120. The molecule has 0 amide bonds. The summed E-state index contributed by atoms with van der Waals surface area (Å²) in [5, 5.41) is 0. The molecule has 0 aromatic carbocycles. The fourth-order valence-electron chi connectivity index (χ4n) is 1.18. The summed E-state index contributed by atoms with van der Waals surface area (Å²) in [5.74, 6) is 0. The molecular formula is C10H26O3Si2. The Bertz CT molecular complexity index is 125. The Morgan fingerprint density at radius 1 is 1.27 bits per heavy atom. The maximum Gasteiger partial charge on any atom is 0.161 e. The van der Waals surface area contributed by atoms with Crippen molar-refractivity contribution in [2.75, 3.05) is 26.9 Å². The lowest BCUT2D eigenvalue weighted by Crippen LogP contribution is -2.17. The third-order valence-electron chi connectivity index (χ3n) is 2.14. The first-order valence-electron chi connectivity index (χ1n) is 5.99. The Morgan fingerprint density at radius 2 is 2.07 bits per heavy atom. The normalized spacial score (nSPS) is 14.0. The van der Waals surface area contributed by atoms with Crippen molar-refractivity contribution in [1.82, 2.24) is 0 Å². The molecule has 92 valence electrons. The molecule has 0 aromatic rings. The summed E-state index contributed by atoms with van der Waals surface area (Å²) in [4.78, 5) is 0. The van der Waals surface area contributed by atoms with Crippen molar-refractivity contribution < 1.29 is 13.9 Å². The fourth-order valence-corrected chi connectivity index (χ4v) is 2.16. The first-order chi connectivity index (χ1) is 7.31. The van der Waals surface area contributed by atoms with Crippen LogP contribution in [0, 0.1) is 0 Å². The quantitative estimate of drug-likeness (QED) is 0.385. The second-order valence-electron chi connectivity index (χ2n) is 3.81. The van der Waals surface area contributed by atoms with Gasteiger partial charge in [-0.15, -0.1) is 0 Å². The zero-order valence-corrected chi connectivity index (χ0v) is 13.9. The van der Waals surface area contributed by atoms with Crippen molar-refractivity contribution >= 4 is 20.0 Å². The Kier molecular flexibility index (Phi) is 12.6. The molecule has 1 unspecified atom stereocenters. The fraction of sp³-hybridized carbons (Fsp3) is 1.00. The zero-order chi connectivity index (χ0) is 11.4. The van der Waals surface area contributed by atoms with Crippen LogP contribution in [0.2, 0.25) is 12.1 Å². The molecule has 0 heterocycles. The van der Waals surface area contributed by atoms with Crippen LogP contribution in [0.15, 0.2) is 0 Å². The molecule has 0 aliphatic rings. The van der Waals surface area contributed by atoms with Gasteiger partial charge in [0.15, 0.2) is 9.76 Å². The van der Waals surface area contributed by atoms with E-state index in [1.165, 1.54) is 28.8 Å². The monoisotopic (exact) mass is 250 g/mol. The summed E-state index contributed by atoms with van der Waals surface area (Å²) in [6, 6.07) is 2.54. The Morgan fingerprint density at radius 3 is 2.73 bits per heavy atom. The molecule has 0 rings (SSSR count). The van der Waals surface area contributed by atoms with Crippen LogP contribution in [-0.4, -0.2) is 53.0 Å². The third-order valence-corrected chi connectivity index (χ3v) is 4.04. The van der Waals surface area contributed by atoms with Crippen LogP contribution in [-0.2, 0) is 13.9 Å². The van der Waals surface area contributed by atoms with Crippen LogP contribution in [0.5, 0.6) is 0 Å². The topological polar surface area (TPSA) is 27.7 Å². The molecule has 5 heteroatoms. The molecule has 15 heavy (non-hydrogen) atoms. The summed E-state index contributed by atoms with van der Waals surface area (Å²) in [6.45, 7) is 4.56. The predicted molar refractivity (Wildman–Crippen MR) is 70.6 cm³/mol. The van der Waals surface area contributed by atoms with Crippen molar-refractivity contribution in [2.45, 2.75) is 38.0 Å². The average Bonchev–Trinajstić information content (AvgIpc) is 2.23. The largest absolute Gasteiger partial charge is 0.427 e. The van der Waals surface area contributed by atoms with E-state index in [2.05, 4.69) is 6.92 Å². The maximum atomic E-state index is 5.59. The first kappa shape index (κ1) is 15.3. The van der Waals surface area contributed by atoms with Gasteiger partial charge in [-0.05, 0) is 25.8 Å². The minimum atomic E-state index is -0.250. The second kappa shape index (κ2) is 12.4. The standard InChI is InChI=1S/C10H26O3Si2/c1-10(13-6-3-7-14)9-12-5-4-8-15-11-2/h10H,3-9,15H2,1-2,14H3. The number of hydrogen-bond acceptors (Lipinski definition) is 3. The van der Waals surface area contributed by atoms with Gasteiger partial charge in [-0.2, -0.15) is 0 Å². The van der Waals surface area contributed by atoms with Crippen molar-refractivity contribution in [3.05, 3.63) is 0 Å². The summed E-state index contributed by atoms with van der Waals surface area (Å²) in [5.41, 5.74) is 0. The van der Waals surface area contributed by atoms with Crippen molar-refractivity contribution in [2.24, 2.45) is 0 Å². The van der Waals surface area contributed by atoms with Gasteiger partial charge in [0.2, 0.25) is 0 Å². The molecule has 3 nitrogen and oxygen atoms in total. The van der Waals surface area contributed by atoms with Crippen LogP contribution in [0.25, 0.3) is 0 Å². The van der Waals surface area contributed by atoms with E-state index < -0.39 is 0 Å². The third kappa shape index (κ3) is 12.2. The second-order valence-corrected chi connectivity index (χ2v) is 6.50. The van der Waals surface area contributed by atoms with Gasteiger partial charge in [-0.25, -0.2) is 0 Å². The van der Waals surface area contributed by atoms with Crippen LogP contribution in [0.4, 0.5) is 0 Å². The lowest BCUT2D eigenvalue weighted by Gasteiger charge is -2.12. The molecular weight excluding hydrogens is 224 g/mol. The van der Waals surface area contributed by atoms with E-state index in [1.807, 2.05) is 0 Å². The molecule has 0 saturated heterocycles. The lowest BCUT2D eigenvalue weighted by atomic mass is 10.4. The van der Waals surface area contributed by atoms with Gasteiger partial charge in [0.05, 0.1) is 12.7 Å². The Hall–Kier alpha value is 0.314. The van der Waals surface area contributed by atoms with Gasteiger partial charge >= 0.3 is 0 Å². The van der Waals surface area contributed by atoms with Gasteiger partial charge in [0.1, 0.15) is 0 Å². The van der Waals surface area contributed by atoms with Crippen molar-refractivity contribution in [1.29, 1.82) is 0 Å². The van der Waals surface area contributed by atoms with E-state index >= 15 is 0 Å². The first-order valence-corrected chi connectivity index (χ1v) is 8.98. The molecule has 0 fully saturated rings. The van der Waals surface area contributed by atoms with Crippen LogP contribution in [0.1, 0.15) is 19.8 Å². The molecule has 0 aromatic heterocycles. The van der Waals surface area contributed by atoms with Gasteiger partial charge in [0, 0.05) is 30.6 Å². The maximum absolute atomic E-state index is 5.59. The average molecular weight is 250 g/mol. The Balaban J connectivity index is 3.06. The van der Waals surface area contributed by atoms with Gasteiger partial charge in [0.25, 0.3) is 0 Å². The molecule has 1 atom stereocenters. The molecule has 0 saturated carbocycles. The van der Waals surface area contributed by atoms with E-state index in [-0.39, 0.29) is 15.9 Å². The van der Waals surface area contributed by atoms with E-state index in [0.717, 1.165) is 26.2 Å². The van der Waals surface area contributed by atoms with E-state index in [1.54, 1.807) is 7.11 Å². The summed E-state index contributed by atoms with van der Waals surface area (Å²) >= 11 is 0. The van der Waals surface area contributed by atoms with E-state index in [4.69, 9.17) is 13.9 Å². The number of rotatable bonds is 11. The molecule has 0 aliphatic carbocycles. The minimum Gasteiger partial charge on any atom is -0.427 e. The molecule has 0 spiro atoms. The van der Waals surface area contributed by atoms with Gasteiger partial charge in [-0.3, -0.25) is 0 Å². The minimum absolute atomic E-state index is 0.248. The highest BCUT2D eigenvalue weighted by molar-refractivity contribution is 6.26. The van der Waals surface area contributed by atoms with Crippen LogP contribution >= 0.6 is 0 Å². The zero-order valence-electron chi connectivity index (χ0n) is 10.5. The lowest BCUT2D eigenvalue weighted by molar-refractivity contribution is -0.00613. The molecule has 0 radical (unpaired) electrons. The summed E-state index contributed by atoms with van der Waals surface area (Å²) in [6.07, 6.45) is 2.58. The van der Waals surface area contributed by atoms with Crippen molar-refractivity contribution in [3.63, 3.8) is 0 Å². The van der Waals surface area contributed by atoms with Gasteiger partial charge < -0.3 is 13.9 Å². The molecule has 0 bridgehead atoms. The molecule has 0 aliphatic heterocycles. The Labute approximate surface area is 99.2 Å². The summed E-state index contributed by atoms with van der Waals surface area (Å²) < 4.78 is 16.2. The number of hydrogen-bond donors (Lipinski definition) is 0. The van der Waals surface area contributed by atoms with Crippen LogP contribution in [0.3, 0.4) is 0 Å². The highest BCUT2D eigenvalue weighted by atomic mass is 28.2. The van der Waals surface area contributed by atoms with Crippen molar-refractivity contribution in [3.8, 4) is 0 Å². The highest BCUT2D eigenvalue weighted by Gasteiger charge is 2.01. The summed E-state index contributed by atoms with van der Waals surface area (Å²) in [7, 11) is 2.83. The van der Waals surface area contributed by atoms with Crippen LogP contribution < -0.4 is 0 Å². The smallest absolute Gasteiger partial charge is 0.161 e. The SMILES string of the molecule is CO[SiH2]CCCOCC(C)OCCC[SiH3]. The highest BCUT2D eigenvalue weighted by Crippen LogP contribution is 1.97. The molecule has 0 N–H and O–H groups in total. The van der Waals surface area contributed by atoms with E-state index in [9.17, 15) is 0 Å². The van der Waals surface area contributed by atoms with E-state index in [0.29, 0.717) is 0 Å².